The molecule has 2 aromatic carbocycles. The fourth-order valence-corrected chi connectivity index (χ4v) is 3.75. The number of amides is 2. The van der Waals surface area contributed by atoms with Crippen molar-refractivity contribution in [3.05, 3.63) is 65.2 Å². The van der Waals surface area contributed by atoms with Gasteiger partial charge in [-0.15, -0.1) is 0 Å². The molecule has 0 bridgehead atoms. The van der Waals surface area contributed by atoms with E-state index in [4.69, 9.17) is 9.47 Å². The summed E-state index contributed by atoms with van der Waals surface area (Å²) in [5.41, 5.74) is 2.47. The minimum absolute atomic E-state index is 0.0539. The van der Waals surface area contributed by atoms with Crippen LogP contribution in [0.15, 0.2) is 53.5 Å². The molecule has 0 aliphatic carbocycles. The first-order chi connectivity index (χ1) is 17.9. The number of rotatable bonds is 12. The molecule has 0 saturated carbocycles. The molecule has 0 radical (unpaired) electrons. The minimum Gasteiger partial charge on any atom is -0.493 e. The van der Waals surface area contributed by atoms with E-state index in [0.29, 0.717) is 44.1 Å². The monoisotopic (exact) mass is 510 g/mol. The lowest BCUT2D eigenvalue weighted by Crippen LogP contribution is -2.43. The molecule has 4 N–H and O–H groups in total. The van der Waals surface area contributed by atoms with E-state index in [1.165, 1.54) is 0 Å². The van der Waals surface area contributed by atoms with Gasteiger partial charge in [0.15, 0.2) is 5.96 Å². The van der Waals surface area contributed by atoms with Crippen LogP contribution in [0.25, 0.3) is 0 Å². The largest absolute Gasteiger partial charge is 0.493 e. The minimum atomic E-state index is -1.15. The van der Waals surface area contributed by atoms with Crippen molar-refractivity contribution < 1.29 is 29.0 Å². The Bertz CT molecular complexity index is 1090. The van der Waals surface area contributed by atoms with Crippen molar-refractivity contribution >= 4 is 23.9 Å². The van der Waals surface area contributed by atoms with Crippen LogP contribution in [0.3, 0.4) is 0 Å². The van der Waals surface area contributed by atoms with E-state index in [0.717, 1.165) is 29.7 Å². The molecule has 0 unspecified atom stereocenters. The molecule has 37 heavy (non-hydrogen) atoms. The van der Waals surface area contributed by atoms with E-state index in [-0.39, 0.29) is 18.9 Å². The number of nitrogens with zero attached hydrogens (tertiary/aromatic N) is 1. The summed E-state index contributed by atoms with van der Waals surface area (Å²) in [5, 5.41) is 17.8. The summed E-state index contributed by atoms with van der Waals surface area (Å²) in [5.74, 6) is -0.0493. The van der Waals surface area contributed by atoms with Crippen molar-refractivity contribution in [3.8, 4) is 5.75 Å². The number of carboxylic acids is 1. The molecule has 2 aromatic rings. The Kier molecular flexibility index (Phi) is 10.8. The predicted octanol–water partition coefficient (Wildman–Crippen LogP) is 2.80. The maximum Gasteiger partial charge on any atom is 0.408 e. The van der Waals surface area contributed by atoms with Gasteiger partial charge < -0.3 is 25.2 Å². The number of guanidine groups is 1. The zero-order chi connectivity index (χ0) is 26.5. The fraction of sp³-hybridized carbons (Fsp3) is 0.407. The van der Waals surface area contributed by atoms with Crippen LogP contribution in [0.2, 0.25) is 0 Å². The number of carbonyl (C=O) groups is 3. The molecule has 0 aromatic heterocycles. The summed E-state index contributed by atoms with van der Waals surface area (Å²) in [4.78, 5) is 40.2. The van der Waals surface area contributed by atoms with Crippen LogP contribution >= 0.6 is 0 Å². The highest BCUT2D eigenvalue weighted by molar-refractivity contribution is 5.97. The molecule has 1 atom stereocenters. The number of nitrogens with one attached hydrogen (secondary N) is 3. The quantitative estimate of drug-likeness (QED) is 0.322. The Labute approximate surface area is 216 Å². The number of alkyl carbamates (subject to hydrolysis) is 1. The number of aliphatic imine (C=N–C) groups is 1. The molecule has 1 aliphatic rings. The Morgan fingerprint density at radius 3 is 2.65 bits per heavy atom. The van der Waals surface area contributed by atoms with Crippen LogP contribution < -0.4 is 20.7 Å². The van der Waals surface area contributed by atoms with Crippen molar-refractivity contribution in [1.29, 1.82) is 0 Å². The van der Waals surface area contributed by atoms with Gasteiger partial charge in [-0.2, -0.15) is 0 Å². The number of ether oxygens (including phenoxy) is 2. The highest BCUT2D eigenvalue weighted by Crippen LogP contribution is 2.22. The average molecular weight is 511 g/mol. The third kappa shape index (κ3) is 9.47. The van der Waals surface area contributed by atoms with Crippen LogP contribution in [0.5, 0.6) is 5.75 Å². The third-order valence-corrected chi connectivity index (χ3v) is 5.71. The van der Waals surface area contributed by atoms with Crippen LogP contribution in [0, 0.1) is 0 Å². The lowest BCUT2D eigenvalue weighted by atomic mass is 10.0. The molecule has 198 valence electrons. The maximum atomic E-state index is 12.1. The van der Waals surface area contributed by atoms with Gasteiger partial charge in [-0.3, -0.25) is 15.1 Å². The number of carbonyl (C=O) groups excluding carboxylic acids is 2. The third-order valence-electron chi connectivity index (χ3n) is 5.71. The van der Waals surface area contributed by atoms with Gasteiger partial charge >= 0.3 is 12.1 Å². The van der Waals surface area contributed by atoms with Gasteiger partial charge in [-0.1, -0.05) is 49.4 Å². The number of hydrogen-bond donors (Lipinski definition) is 4. The second kappa shape index (κ2) is 14.5. The average Bonchev–Trinajstić information content (AvgIpc) is 2.91. The zero-order valence-corrected chi connectivity index (χ0v) is 21.0. The van der Waals surface area contributed by atoms with Gasteiger partial charge in [-0.05, 0) is 42.0 Å². The standard InChI is InChI=1S/C27H34N4O6/c1-2-21-16-20(17-22(25(33)34)30-27(35)37-18-19-8-4-3-5-9-19)11-12-23(21)36-15-6-10-24(32)31-26-28-13-7-14-29-26/h3-5,8-9,11-12,16,22H,2,6-7,10,13-15,17-18H2,1H3,(H,30,35)(H,33,34)(H2,28,29,31,32)/t22-/m0/s1. The Morgan fingerprint density at radius 1 is 1.14 bits per heavy atom. The Morgan fingerprint density at radius 2 is 1.95 bits per heavy atom. The van der Waals surface area contributed by atoms with Crippen LogP contribution in [-0.4, -0.2) is 54.8 Å². The normalized spacial score (nSPS) is 13.5. The molecular formula is C27H34N4O6. The smallest absolute Gasteiger partial charge is 0.408 e. The zero-order valence-electron chi connectivity index (χ0n) is 21.0. The number of aryl methyl sites for hydroxylation is 1. The molecule has 10 nitrogen and oxygen atoms in total. The van der Waals surface area contributed by atoms with Crippen LogP contribution in [-0.2, 0) is 33.8 Å². The van der Waals surface area contributed by atoms with Gasteiger partial charge in [0.05, 0.1) is 6.61 Å². The van der Waals surface area contributed by atoms with Crippen LogP contribution in [0.4, 0.5) is 4.79 Å². The summed E-state index contributed by atoms with van der Waals surface area (Å²) >= 11 is 0. The topological polar surface area (TPSA) is 138 Å². The summed E-state index contributed by atoms with van der Waals surface area (Å²) in [6.07, 6.45) is 1.80. The van der Waals surface area contributed by atoms with E-state index in [1.807, 2.05) is 43.3 Å². The molecule has 0 spiro atoms. The van der Waals surface area contributed by atoms with Crippen molar-refractivity contribution in [1.82, 2.24) is 16.0 Å². The number of aliphatic carboxylic acids is 1. The molecule has 0 saturated heterocycles. The van der Waals surface area contributed by atoms with Gasteiger partial charge in [0.25, 0.3) is 0 Å². The molecule has 10 heteroatoms. The van der Waals surface area contributed by atoms with Gasteiger partial charge in [0.1, 0.15) is 18.4 Å². The van der Waals surface area contributed by atoms with E-state index < -0.39 is 18.1 Å². The Hall–Kier alpha value is -4.08. The van der Waals surface area contributed by atoms with E-state index in [2.05, 4.69) is 20.9 Å². The second-order valence-electron chi connectivity index (χ2n) is 8.61. The lowest BCUT2D eigenvalue weighted by Gasteiger charge is -2.17. The van der Waals surface area contributed by atoms with Gasteiger partial charge in [0.2, 0.25) is 5.91 Å². The fourth-order valence-electron chi connectivity index (χ4n) is 3.75. The van der Waals surface area contributed by atoms with Gasteiger partial charge in [-0.25, -0.2) is 9.59 Å². The second-order valence-corrected chi connectivity index (χ2v) is 8.61. The van der Waals surface area contributed by atoms with E-state index in [1.54, 1.807) is 12.1 Å². The predicted molar refractivity (Wildman–Crippen MR) is 139 cm³/mol. The highest BCUT2D eigenvalue weighted by Gasteiger charge is 2.22. The first kappa shape index (κ1) is 27.5. The summed E-state index contributed by atoms with van der Waals surface area (Å²) in [7, 11) is 0. The first-order valence-corrected chi connectivity index (χ1v) is 12.5. The van der Waals surface area contributed by atoms with E-state index >= 15 is 0 Å². The highest BCUT2D eigenvalue weighted by atomic mass is 16.5. The van der Waals surface area contributed by atoms with Crippen LogP contribution in [0.1, 0.15) is 42.9 Å². The molecule has 1 aliphatic heterocycles. The van der Waals surface area contributed by atoms with Crippen molar-refractivity contribution in [2.75, 3.05) is 19.7 Å². The van der Waals surface area contributed by atoms with Crippen molar-refractivity contribution in [2.45, 2.75) is 51.7 Å². The summed E-state index contributed by atoms with van der Waals surface area (Å²) < 4.78 is 11.0. The molecule has 0 fully saturated rings. The van der Waals surface area contributed by atoms with Gasteiger partial charge in [0, 0.05) is 25.9 Å². The Balaban J connectivity index is 1.47. The molecular weight excluding hydrogens is 476 g/mol. The van der Waals surface area contributed by atoms with E-state index in [9.17, 15) is 19.5 Å². The first-order valence-electron chi connectivity index (χ1n) is 12.5. The number of carboxylic acid groups (broad SMARTS) is 1. The molecule has 2 amide bonds. The number of hydrogen-bond acceptors (Lipinski definition) is 7. The lowest BCUT2D eigenvalue weighted by molar-refractivity contribution is -0.139. The maximum absolute atomic E-state index is 12.1. The molecule has 1 heterocycles. The summed E-state index contributed by atoms with van der Waals surface area (Å²) in [6.45, 7) is 3.92. The summed E-state index contributed by atoms with van der Waals surface area (Å²) in [6, 6.07) is 13.5. The molecule has 3 rings (SSSR count). The number of benzene rings is 2. The van der Waals surface area contributed by atoms with Crippen molar-refractivity contribution in [2.24, 2.45) is 4.99 Å². The SMILES string of the molecule is CCc1cc(C[C@H](NC(=O)OCc2ccccc2)C(=O)O)ccc1OCCCC(=O)NC1=NCCCN1. The van der Waals surface area contributed by atoms with Crippen molar-refractivity contribution in [3.63, 3.8) is 0 Å².